The summed E-state index contributed by atoms with van der Waals surface area (Å²) >= 11 is 0. The molecule has 0 atom stereocenters. The van der Waals surface area contributed by atoms with Crippen LogP contribution >= 0.6 is 0 Å². The van der Waals surface area contributed by atoms with Crippen molar-refractivity contribution in [2.24, 2.45) is 5.92 Å². The molecule has 136 valence electrons. The minimum absolute atomic E-state index is 0.495. The summed E-state index contributed by atoms with van der Waals surface area (Å²) in [6, 6.07) is 7.80. The molecule has 0 aromatic carbocycles. The molecule has 1 fully saturated rings. The fourth-order valence-corrected chi connectivity index (χ4v) is 3.46. The van der Waals surface area contributed by atoms with Crippen LogP contribution in [0.3, 0.4) is 0 Å². The Morgan fingerprint density at radius 2 is 2.19 bits per heavy atom. The van der Waals surface area contributed by atoms with Crippen LogP contribution in [0.2, 0.25) is 0 Å². The maximum Gasteiger partial charge on any atom is 0.157 e. The van der Waals surface area contributed by atoms with Crippen LogP contribution in [0.4, 0.5) is 11.6 Å². The lowest BCUT2D eigenvalue weighted by atomic mass is 9.74. The van der Waals surface area contributed by atoms with E-state index < -0.39 is 0 Å². The van der Waals surface area contributed by atoms with Crippen LogP contribution < -0.4 is 10.1 Å². The quantitative estimate of drug-likeness (QED) is 0.548. The zero-order valence-electron chi connectivity index (χ0n) is 14.6. The molecule has 4 aromatic heterocycles. The summed E-state index contributed by atoms with van der Waals surface area (Å²) in [5.41, 5.74) is 2.06. The first kappa shape index (κ1) is 15.8. The predicted octanol–water partition coefficient (Wildman–Crippen LogP) is 3.16. The molecule has 0 aliphatic heterocycles. The number of aromatic nitrogens is 6. The van der Waals surface area contributed by atoms with E-state index in [0.717, 1.165) is 48.0 Å². The highest BCUT2D eigenvalue weighted by Gasteiger charge is 2.32. The molecule has 8 heteroatoms. The van der Waals surface area contributed by atoms with Crippen LogP contribution in [0.1, 0.15) is 24.5 Å². The molecule has 2 N–H and O–H groups in total. The Labute approximate surface area is 155 Å². The molecular weight excluding hydrogens is 342 g/mol. The maximum absolute atomic E-state index is 5.79. The number of nitrogens with zero attached hydrogens (tertiary/aromatic N) is 5. The maximum atomic E-state index is 5.79. The van der Waals surface area contributed by atoms with Crippen molar-refractivity contribution < 1.29 is 4.74 Å². The van der Waals surface area contributed by atoms with Gasteiger partial charge in [0.15, 0.2) is 11.6 Å². The molecule has 1 aliphatic carbocycles. The van der Waals surface area contributed by atoms with E-state index in [1.807, 2.05) is 24.4 Å². The van der Waals surface area contributed by atoms with Crippen LogP contribution in [0.15, 0.2) is 55.2 Å². The smallest absolute Gasteiger partial charge is 0.157 e. The van der Waals surface area contributed by atoms with Crippen LogP contribution in [-0.4, -0.2) is 36.4 Å². The third-order valence-corrected chi connectivity index (χ3v) is 4.96. The lowest BCUT2D eigenvalue weighted by Crippen LogP contribution is -2.27. The topological polar surface area (TPSA) is 93.0 Å². The Bertz CT molecular complexity index is 1040. The van der Waals surface area contributed by atoms with E-state index >= 15 is 0 Å². The normalized spacial score (nSPS) is 19.0. The van der Waals surface area contributed by atoms with E-state index in [2.05, 4.69) is 36.6 Å². The molecule has 0 bridgehead atoms. The van der Waals surface area contributed by atoms with Gasteiger partial charge in [-0.2, -0.15) is 10.2 Å². The van der Waals surface area contributed by atoms with Gasteiger partial charge in [0.1, 0.15) is 11.3 Å². The predicted molar refractivity (Wildman–Crippen MR) is 100 cm³/mol. The summed E-state index contributed by atoms with van der Waals surface area (Å²) < 4.78 is 7.57. The summed E-state index contributed by atoms with van der Waals surface area (Å²) in [4.78, 5) is 8.45. The Balaban J connectivity index is 1.18. The lowest BCUT2D eigenvalue weighted by molar-refractivity contribution is 0.156. The lowest BCUT2D eigenvalue weighted by Gasteiger charge is -2.34. The number of fused-ring (bicyclic) bond motifs is 1. The van der Waals surface area contributed by atoms with E-state index in [-0.39, 0.29) is 0 Å². The summed E-state index contributed by atoms with van der Waals surface area (Å²) in [6.07, 6.45) is 11.0. The van der Waals surface area contributed by atoms with Crippen molar-refractivity contribution >= 4 is 17.2 Å². The second-order valence-corrected chi connectivity index (χ2v) is 6.80. The third-order valence-electron chi connectivity index (χ3n) is 4.96. The van der Waals surface area contributed by atoms with Crippen LogP contribution in [0, 0.1) is 5.92 Å². The average Bonchev–Trinajstić information content (AvgIpc) is 3.31. The summed E-state index contributed by atoms with van der Waals surface area (Å²) in [5, 5.41) is 15.0. The van der Waals surface area contributed by atoms with Crippen molar-refractivity contribution in [3.8, 4) is 5.75 Å². The molecule has 4 heterocycles. The zero-order chi connectivity index (χ0) is 18.1. The van der Waals surface area contributed by atoms with Gasteiger partial charge in [0.2, 0.25) is 0 Å². The van der Waals surface area contributed by atoms with Crippen molar-refractivity contribution in [1.29, 1.82) is 0 Å². The first-order valence-electron chi connectivity index (χ1n) is 8.98. The minimum atomic E-state index is 0.495. The molecule has 1 aliphatic rings. The molecule has 0 radical (unpaired) electrons. The fraction of sp³-hybridized carbons (Fsp3) is 0.263. The Morgan fingerprint density at radius 3 is 3.07 bits per heavy atom. The highest BCUT2D eigenvalue weighted by Crippen LogP contribution is 2.41. The van der Waals surface area contributed by atoms with Crippen molar-refractivity contribution in [1.82, 2.24) is 29.8 Å². The number of nitrogens with one attached hydrogen (secondary N) is 2. The second kappa shape index (κ2) is 6.71. The standard InChI is InChI=1S/C19H19N7O/c1-2-15(11-20-4-1)27-12-13-8-14(9-13)16-10-18(25-24-16)23-19-17-3-5-22-26(17)7-6-21-19/h1-7,10-11,13-14H,8-9,12H2,(H2,21,23,24,25). The molecule has 0 unspecified atom stereocenters. The number of rotatable bonds is 6. The van der Waals surface area contributed by atoms with Crippen molar-refractivity contribution in [3.63, 3.8) is 0 Å². The van der Waals surface area contributed by atoms with Gasteiger partial charge in [-0.05, 0) is 37.0 Å². The Morgan fingerprint density at radius 1 is 1.22 bits per heavy atom. The first-order chi connectivity index (χ1) is 13.3. The van der Waals surface area contributed by atoms with Crippen LogP contribution in [0.5, 0.6) is 5.75 Å². The summed E-state index contributed by atoms with van der Waals surface area (Å²) in [7, 11) is 0. The highest BCUT2D eigenvalue weighted by atomic mass is 16.5. The van der Waals surface area contributed by atoms with Gasteiger partial charge < -0.3 is 10.1 Å². The van der Waals surface area contributed by atoms with Crippen LogP contribution in [0.25, 0.3) is 5.52 Å². The van der Waals surface area contributed by atoms with Gasteiger partial charge in [-0.15, -0.1) is 0 Å². The van der Waals surface area contributed by atoms with Gasteiger partial charge in [0, 0.05) is 36.3 Å². The van der Waals surface area contributed by atoms with Crippen molar-refractivity contribution in [3.05, 3.63) is 60.9 Å². The first-order valence-corrected chi connectivity index (χ1v) is 8.98. The number of H-pyrrole nitrogens is 1. The number of anilines is 2. The molecule has 27 heavy (non-hydrogen) atoms. The SMILES string of the molecule is c1cncc(OCC2CC(c3cc(Nc4nccn5nccc45)n[nH]3)C2)c1. The van der Waals surface area contributed by atoms with Gasteiger partial charge >= 0.3 is 0 Å². The van der Waals surface area contributed by atoms with E-state index in [1.165, 1.54) is 0 Å². The molecule has 5 rings (SSSR count). The van der Waals surface area contributed by atoms with E-state index in [9.17, 15) is 0 Å². The van der Waals surface area contributed by atoms with Crippen LogP contribution in [-0.2, 0) is 0 Å². The van der Waals surface area contributed by atoms with Gasteiger partial charge in [0.05, 0.1) is 19.0 Å². The number of ether oxygens (including phenoxy) is 1. The molecule has 4 aromatic rings. The fourth-order valence-electron chi connectivity index (χ4n) is 3.46. The van der Waals surface area contributed by atoms with E-state index in [4.69, 9.17) is 4.74 Å². The van der Waals surface area contributed by atoms with Gasteiger partial charge in [-0.25, -0.2) is 9.50 Å². The monoisotopic (exact) mass is 361 g/mol. The Kier molecular flexibility index (Phi) is 3.93. The number of pyridine rings is 1. The number of aromatic amines is 1. The third kappa shape index (κ3) is 3.21. The number of hydrogen-bond donors (Lipinski definition) is 2. The van der Waals surface area contributed by atoms with E-state index in [0.29, 0.717) is 11.8 Å². The minimum Gasteiger partial charge on any atom is -0.492 e. The molecule has 8 nitrogen and oxygen atoms in total. The molecular formula is C19H19N7O. The molecule has 1 saturated carbocycles. The molecule has 0 spiro atoms. The van der Waals surface area contributed by atoms with Crippen molar-refractivity contribution in [2.45, 2.75) is 18.8 Å². The largest absolute Gasteiger partial charge is 0.492 e. The summed E-state index contributed by atoms with van der Waals surface area (Å²) in [5.74, 6) is 3.40. The van der Waals surface area contributed by atoms with E-state index in [1.54, 1.807) is 29.3 Å². The number of hydrogen-bond acceptors (Lipinski definition) is 6. The molecule has 0 amide bonds. The van der Waals surface area contributed by atoms with Gasteiger partial charge in [-0.3, -0.25) is 10.1 Å². The highest BCUT2D eigenvalue weighted by molar-refractivity contribution is 5.71. The summed E-state index contributed by atoms with van der Waals surface area (Å²) in [6.45, 7) is 0.731. The van der Waals surface area contributed by atoms with Gasteiger partial charge in [-0.1, -0.05) is 0 Å². The second-order valence-electron chi connectivity index (χ2n) is 6.80. The average molecular weight is 361 g/mol. The van der Waals surface area contributed by atoms with Crippen molar-refractivity contribution in [2.75, 3.05) is 11.9 Å². The molecule has 0 saturated heterocycles. The zero-order valence-corrected chi connectivity index (χ0v) is 14.6. The van der Waals surface area contributed by atoms with Gasteiger partial charge in [0.25, 0.3) is 0 Å². The Hall–Kier alpha value is -3.42.